The van der Waals surface area contributed by atoms with E-state index < -0.39 is 0 Å². The third-order valence-corrected chi connectivity index (χ3v) is 2.26. The third-order valence-electron chi connectivity index (χ3n) is 2.26. The first-order valence-electron chi connectivity index (χ1n) is 5.42. The molecule has 0 radical (unpaired) electrons. The molecule has 0 aromatic rings. The molecule has 1 unspecified atom stereocenters. The van der Waals surface area contributed by atoms with Gasteiger partial charge in [0.1, 0.15) is 0 Å². The van der Waals surface area contributed by atoms with Gasteiger partial charge in [0.15, 0.2) is 0 Å². The summed E-state index contributed by atoms with van der Waals surface area (Å²) in [6, 6.07) is 0. The zero-order valence-corrected chi connectivity index (χ0v) is 9.60. The van der Waals surface area contributed by atoms with Gasteiger partial charge in [-0.15, -0.1) is 0 Å². The van der Waals surface area contributed by atoms with E-state index in [9.17, 15) is 0 Å². The van der Waals surface area contributed by atoms with Crippen LogP contribution in [0.1, 0.15) is 53.4 Å². The molecule has 0 heterocycles. The van der Waals surface area contributed by atoms with Crippen molar-refractivity contribution in [2.24, 2.45) is 5.73 Å². The van der Waals surface area contributed by atoms with Crippen LogP contribution >= 0.6 is 0 Å². The van der Waals surface area contributed by atoms with Gasteiger partial charge in [0, 0.05) is 6.54 Å². The first-order valence-corrected chi connectivity index (χ1v) is 5.42. The largest absolute Gasteiger partial charge is 0.371 e. The fourth-order valence-corrected chi connectivity index (χ4v) is 1.53. The number of ether oxygens (including phenoxy) is 1. The molecule has 0 bridgehead atoms. The monoisotopic (exact) mass is 187 g/mol. The number of unbranched alkanes of at least 4 members (excludes halogenated alkanes) is 2. The third kappa shape index (κ3) is 6.05. The van der Waals surface area contributed by atoms with E-state index in [-0.39, 0.29) is 11.7 Å². The van der Waals surface area contributed by atoms with E-state index in [1.54, 1.807) is 0 Å². The van der Waals surface area contributed by atoms with E-state index in [1.807, 2.05) is 0 Å². The van der Waals surface area contributed by atoms with Crippen LogP contribution in [0.15, 0.2) is 0 Å². The Balaban J connectivity index is 3.81. The second-order valence-electron chi connectivity index (χ2n) is 4.28. The molecule has 0 aliphatic rings. The molecule has 0 amide bonds. The predicted octanol–water partition coefficient (Wildman–Crippen LogP) is 2.71. The van der Waals surface area contributed by atoms with Crippen molar-refractivity contribution in [2.75, 3.05) is 6.54 Å². The van der Waals surface area contributed by atoms with Gasteiger partial charge in [-0.05, 0) is 27.2 Å². The van der Waals surface area contributed by atoms with Gasteiger partial charge in [-0.25, -0.2) is 0 Å². The van der Waals surface area contributed by atoms with Crippen molar-refractivity contribution in [3.8, 4) is 0 Å². The molecule has 2 N–H and O–H groups in total. The minimum atomic E-state index is -0.108. The van der Waals surface area contributed by atoms with Gasteiger partial charge in [0.05, 0.1) is 11.7 Å². The Labute approximate surface area is 82.8 Å². The molecule has 0 rings (SSSR count). The molecular formula is C11H25NO. The van der Waals surface area contributed by atoms with Crippen LogP contribution in [-0.4, -0.2) is 18.2 Å². The number of hydrogen-bond donors (Lipinski definition) is 1. The predicted molar refractivity (Wildman–Crippen MR) is 57.8 cm³/mol. The summed E-state index contributed by atoms with van der Waals surface area (Å²) < 4.78 is 5.81. The normalized spacial score (nSPS) is 16.2. The lowest BCUT2D eigenvalue weighted by Gasteiger charge is -2.30. The highest BCUT2D eigenvalue weighted by Gasteiger charge is 2.23. The molecule has 2 nitrogen and oxygen atoms in total. The van der Waals surface area contributed by atoms with E-state index in [4.69, 9.17) is 10.5 Å². The van der Waals surface area contributed by atoms with Gasteiger partial charge in [-0.2, -0.15) is 0 Å². The Hall–Kier alpha value is -0.0800. The van der Waals surface area contributed by atoms with Crippen molar-refractivity contribution in [2.45, 2.75) is 65.1 Å². The second kappa shape index (κ2) is 6.39. The van der Waals surface area contributed by atoms with Crippen molar-refractivity contribution < 1.29 is 4.74 Å². The zero-order valence-electron chi connectivity index (χ0n) is 9.60. The zero-order chi connectivity index (χ0) is 10.3. The lowest BCUT2D eigenvalue weighted by atomic mass is 9.98. The second-order valence-corrected chi connectivity index (χ2v) is 4.28. The molecule has 2 heteroatoms. The summed E-state index contributed by atoms with van der Waals surface area (Å²) in [5, 5.41) is 0. The molecule has 1 atom stereocenters. The van der Waals surface area contributed by atoms with E-state index in [0.717, 1.165) is 6.42 Å². The van der Waals surface area contributed by atoms with Crippen molar-refractivity contribution in [1.82, 2.24) is 0 Å². The quantitative estimate of drug-likeness (QED) is 0.622. The summed E-state index contributed by atoms with van der Waals surface area (Å²) in [4.78, 5) is 0. The Morgan fingerprint density at radius 2 is 1.92 bits per heavy atom. The van der Waals surface area contributed by atoms with Crippen molar-refractivity contribution in [1.29, 1.82) is 0 Å². The average molecular weight is 187 g/mol. The van der Waals surface area contributed by atoms with Gasteiger partial charge in [-0.1, -0.05) is 26.2 Å². The van der Waals surface area contributed by atoms with Crippen molar-refractivity contribution >= 4 is 0 Å². The van der Waals surface area contributed by atoms with E-state index >= 15 is 0 Å². The highest BCUT2D eigenvalue weighted by Crippen LogP contribution is 2.19. The van der Waals surface area contributed by atoms with Crippen LogP contribution in [0.2, 0.25) is 0 Å². The fraction of sp³-hybridized carbons (Fsp3) is 1.00. The van der Waals surface area contributed by atoms with Crippen LogP contribution in [0.4, 0.5) is 0 Å². The Morgan fingerprint density at radius 1 is 1.31 bits per heavy atom. The van der Waals surface area contributed by atoms with Crippen LogP contribution in [-0.2, 0) is 4.74 Å². The number of hydrogen-bond acceptors (Lipinski definition) is 2. The van der Waals surface area contributed by atoms with Gasteiger partial charge in [0.2, 0.25) is 0 Å². The van der Waals surface area contributed by atoms with Gasteiger partial charge in [-0.3, -0.25) is 0 Å². The minimum Gasteiger partial charge on any atom is -0.371 e. The van der Waals surface area contributed by atoms with Crippen LogP contribution in [0.3, 0.4) is 0 Å². The Bertz CT molecular complexity index is 125. The minimum absolute atomic E-state index is 0.108. The molecular weight excluding hydrogens is 162 g/mol. The van der Waals surface area contributed by atoms with E-state index in [1.165, 1.54) is 19.3 Å². The maximum absolute atomic E-state index is 5.81. The molecule has 0 aromatic heterocycles. The number of rotatable bonds is 7. The first kappa shape index (κ1) is 12.9. The van der Waals surface area contributed by atoms with Crippen LogP contribution in [0, 0.1) is 0 Å². The summed E-state index contributed by atoms with van der Waals surface area (Å²) in [5.74, 6) is 0. The smallest absolute Gasteiger partial charge is 0.0779 e. The molecule has 0 spiro atoms. The molecule has 0 aliphatic carbocycles. The molecule has 0 fully saturated rings. The van der Waals surface area contributed by atoms with Crippen LogP contribution in [0.25, 0.3) is 0 Å². The molecule has 0 saturated carbocycles. The average Bonchev–Trinajstić information content (AvgIpc) is 2.04. The summed E-state index contributed by atoms with van der Waals surface area (Å²) in [6.07, 6.45) is 5.10. The van der Waals surface area contributed by atoms with Crippen molar-refractivity contribution in [3.05, 3.63) is 0 Å². The number of nitrogens with two attached hydrogens (primary N) is 1. The maximum Gasteiger partial charge on any atom is 0.0779 e. The van der Waals surface area contributed by atoms with Gasteiger partial charge < -0.3 is 10.5 Å². The van der Waals surface area contributed by atoms with Gasteiger partial charge in [0.25, 0.3) is 0 Å². The standard InChI is InChI=1S/C11H25NO/c1-5-6-7-8-11(4,9-12)13-10(2)3/h10H,5-9,12H2,1-4H3. The first-order chi connectivity index (χ1) is 6.04. The van der Waals surface area contributed by atoms with Gasteiger partial charge >= 0.3 is 0 Å². The Kier molecular flexibility index (Phi) is 6.35. The summed E-state index contributed by atoms with van der Waals surface area (Å²) in [6.45, 7) is 9.07. The summed E-state index contributed by atoms with van der Waals surface area (Å²) in [5.41, 5.74) is 5.60. The lowest BCUT2D eigenvalue weighted by Crippen LogP contribution is -2.39. The molecule has 80 valence electrons. The highest BCUT2D eigenvalue weighted by atomic mass is 16.5. The van der Waals surface area contributed by atoms with E-state index in [0.29, 0.717) is 6.54 Å². The summed E-state index contributed by atoms with van der Waals surface area (Å²) in [7, 11) is 0. The SMILES string of the molecule is CCCCCC(C)(CN)OC(C)C. The molecule has 0 aromatic carbocycles. The van der Waals surface area contributed by atoms with Crippen LogP contribution in [0.5, 0.6) is 0 Å². The molecule has 13 heavy (non-hydrogen) atoms. The highest BCUT2D eigenvalue weighted by molar-refractivity contribution is 4.76. The van der Waals surface area contributed by atoms with Crippen molar-refractivity contribution in [3.63, 3.8) is 0 Å². The van der Waals surface area contributed by atoms with Crippen LogP contribution < -0.4 is 5.73 Å². The Morgan fingerprint density at radius 3 is 2.31 bits per heavy atom. The molecule has 0 saturated heterocycles. The summed E-state index contributed by atoms with van der Waals surface area (Å²) >= 11 is 0. The maximum atomic E-state index is 5.81. The topological polar surface area (TPSA) is 35.2 Å². The molecule has 0 aliphatic heterocycles. The fourth-order valence-electron chi connectivity index (χ4n) is 1.53. The van der Waals surface area contributed by atoms with E-state index in [2.05, 4.69) is 27.7 Å². The lowest BCUT2D eigenvalue weighted by molar-refractivity contribution is -0.0677.